The van der Waals surface area contributed by atoms with Crippen LogP contribution in [0.1, 0.15) is 26.2 Å². The molecule has 88 valence electrons. The predicted molar refractivity (Wildman–Crippen MR) is 61.6 cm³/mol. The third kappa shape index (κ3) is 3.47. The molecule has 1 saturated heterocycles. The first-order valence-corrected chi connectivity index (χ1v) is 5.68. The number of likely N-dealkylation sites (tertiary alicyclic amines) is 1. The largest absolute Gasteiger partial charge is 0.349 e. The van der Waals surface area contributed by atoms with Crippen LogP contribution < -0.4 is 5.73 Å². The number of hydrogen-bond acceptors (Lipinski definition) is 3. The van der Waals surface area contributed by atoms with Gasteiger partial charge < -0.3 is 10.6 Å². The number of nitrogens with two attached hydrogens (primary N) is 1. The molecule has 4 nitrogen and oxygen atoms in total. The fraction of sp³-hybridized carbons (Fsp3) is 0.909. The van der Waals surface area contributed by atoms with Crippen molar-refractivity contribution >= 4 is 5.91 Å². The van der Waals surface area contributed by atoms with Gasteiger partial charge in [0, 0.05) is 39.1 Å². The minimum atomic E-state index is 0.0472. The van der Waals surface area contributed by atoms with Gasteiger partial charge >= 0.3 is 0 Å². The molecule has 1 fully saturated rings. The molecule has 0 spiro atoms. The van der Waals surface area contributed by atoms with Crippen LogP contribution in [0.5, 0.6) is 0 Å². The lowest BCUT2D eigenvalue weighted by Crippen LogP contribution is -2.66. The molecule has 0 aromatic carbocycles. The highest BCUT2D eigenvalue weighted by atomic mass is 16.2. The summed E-state index contributed by atoms with van der Waals surface area (Å²) in [5.74, 6) is 0.213. The molecular weight excluding hydrogens is 190 g/mol. The van der Waals surface area contributed by atoms with Crippen LogP contribution >= 0.6 is 0 Å². The Hall–Kier alpha value is -0.610. The van der Waals surface area contributed by atoms with E-state index >= 15 is 0 Å². The molecule has 1 heterocycles. The summed E-state index contributed by atoms with van der Waals surface area (Å²) in [6.45, 7) is 5.10. The van der Waals surface area contributed by atoms with E-state index in [0.717, 1.165) is 32.5 Å². The van der Waals surface area contributed by atoms with Gasteiger partial charge in [-0.15, -0.1) is 0 Å². The molecule has 1 aliphatic rings. The zero-order chi connectivity index (χ0) is 11.5. The Morgan fingerprint density at radius 2 is 2.07 bits per heavy atom. The van der Waals surface area contributed by atoms with Crippen LogP contribution in [0.2, 0.25) is 0 Å². The second-order valence-corrected chi connectivity index (χ2v) is 4.82. The molecule has 1 amide bonds. The van der Waals surface area contributed by atoms with Crippen LogP contribution in [0.3, 0.4) is 0 Å². The summed E-state index contributed by atoms with van der Waals surface area (Å²) in [7, 11) is 3.60. The topological polar surface area (TPSA) is 49.6 Å². The Bertz CT molecular complexity index is 222. The molecule has 0 aromatic rings. The van der Waals surface area contributed by atoms with Gasteiger partial charge in [-0.1, -0.05) is 6.92 Å². The normalized spacial score (nSPS) is 19.7. The lowest BCUT2D eigenvalue weighted by atomic mass is 9.88. The van der Waals surface area contributed by atoms with E-state index in [1.807, 2.05) is 0 Å². The number of carbonyl (C=O) groups excluding carboxylic acids is 1. The van der Waals surface area contributed by atoms with Crippen molar-refractivity contribution in [2.45, 2.75) is 31.7 Å². The van der Waals surface area contributed by atoms with Gasteiger partial charge in [0.2, 0.25) is 5.91 Å². The molecule has 1 rings (SSSR count). The van der Waals surface area contributed by atoms with Gasteiger partial charge in [0.05, 0.1) is 0 Å². The van der Waals surface area contributed by atoms with Crippen LogP contribution in [0.15, 0.2) is 0 Å². The van der Waals surface area contributed by atoms with Crippen LogP contribution in [0, 0.1) is 0 Å². The smallest absolute Gasteiger partial charge is 0.222 e. The van der Waals surface area contributed by atoms with Crippen molar-refractivity contribution in [2.75, 3.05) is 33.7 Å². The number of amides is 1. The summed E-state index contributed by atoms with van der Waals surface area (Å²) in [6.07, 6.45) is 2.63. The van der Waals surface area contributed by atoms with Crippen molar-refractivity contribution in [3.8, 4) is 0 Å². The van der Waals surface area contributed by atoms with Gasteiger partial charge in [-0.05, 0) is 19.4 Å². The van der Waals surface area contributed by atoms with E-state index in [-0.39, 0.29) is 11.4 Å². The number of rotatable bonds is 5. The third-order valence-corrected chi connectivity index (χ3v) is 3.14. The molecular formula is C11H23N3O. The quantitative estimate of drug-likeness (QED) is 0.713. The maximum absolute atomic E-state index is 11.3. The van der Waals surface area contributed by atoms with Crippen molar-refractivity contribution < 1.29 is 4.79 Å². The second kappa shape index (κ2) is 4.94. The van der Waals surface area contributed by atoms with Crippen molar-refractivity contribution in [1.29, 1.82) is 0 Å². The van der Waals surface area contributed by atoms with Gasteiger partial charge in [-0.2, -0.15) is 0 Å². The molecule has 1 aliphatic heterocycles. The van der Waals surface area contributed by atoms with Crippen molar-refractivity contribution in [3.63, 3.8) is 0 Å². The summed E-state index contributed by atoms with van der Waals surface area (Å²) >= 11 is 0. The monoisotopic (exact) mass is 213 g/mol. The molecule has 2 N–H and O–H groups in total. The van der Waals surface area contributed by atoms with E-state index in [2.05, 4.69) is 11.8 Å². The summed E-state index contributed by atoms with van der Waals surface area (Å²) in [4.78, 5) is 15.3. The first-order chi connectivity index (χ1) is 6.97. The van der Waals surface area contributed by atoms with Gasteiger partial charge in [0.15, 0.2) is 0 Å². The van der Waals surface area contributed by atoms with Crippen LogP contribution in [-0.4, -0.2) is 55.0 Å². The molecule has 0 atom stereocenters. The summed E-state index contributed by atoms with van der Waals surface area (Å²) in [5.41, 5.74) is 6.10. The van der Waals surface area contributed by atoms with E-state index < -0.39 is 0 Å². The minimum Gasteiger partial charge on any atom is -0.349 e. The van der Waals surface area contributed by atoms with Gasteiger partial charge in [-0.25, -0.2) is 0 Å². The predicted octanol–water partition coefficient (Wildman–Crippen LogP) is 0.278. The van der Waals surface area contributed by atoms with E-state index in [4.69, 9.17) is 5.73 Å². The third-order valence-electron chi connectivity index (χ3n) is 3.14. The van der Waals surface area contributed by atoms with Crippen LogP contribution in [0.25, 0.3) is 0 Å². The summed E-state index contributed by atoms with van der Waals surface area (Å²) in [6, 6.07) is 0. The van der Waals surface area contributed by atoms with Gasteiger partial charge in [0.1, 0.15) is 0 Å². The Kier molecular flexibility index (Phi) is 4.11. The number of nitrogens with zero attached hydrogens (tertiary/aromatic N) is 2. The van der Waals surface area contributed by atoms with Gasteiger partial charge in [0.25, 0.3) is 0 Å². The highest BCUT2D eigenvalue weighted by Gasteiger charge is 2.36. The lowest BCUT2D eigenvalue weighted by molar-refractivity contribution is -0.128. The molecule has 0 aromatic heterocycles. The van der Waals surface area contributed by atoms with Crippen molar-refractivity contribution in [2.24, 2.45) is 5.73 Å². The summed E-state index contributed by atoms with van der Waals surface area (Å²) in [5, 5.41) is 0. The number of carbonyl (C=O) groups is 1. The van der Waals surface area contributed by atoms with Crippen LogP contribution in [-0.2, 0) is 4.79 Å². The molecule has 4 heteroatoms. The van der Waals surface area contributed by atoms with Crippen LogP contribution in [0.4, 0.5) is 0 Å². The highest BCUT2D eigenvalue weighted by molar-refractivity contribution is 5.75. The lowest BCUT2D eigenvalue weighted by Gasteiger charge is -2.47. The Morgan fingerprint density at radius 3 is 2.53 bits per heavy atom. The second-order valence-electron chi connectivity index (χ2n) is 4.82. The van der Waals surface area contributed by atoms with Crippen molar-refractivity contribution in [1.82, 2.24) is 9.80 Å². The van der Waals surface area contributed by atoms with Crippen molar-refractivity contribution in [3.05, 3.63) is 0 Å². The zero-order valence-corrected chi connectivity index (χ0v) is 10.1. The van der Waals surface area contributed by atoms with Gasteiger partial charge in [-0.3, -0.25) is 9.69 Å². The highest BCUT2D eigenvalue weighted by Crippen LogP contribution is 2.21. The van der Waals surface area contributed by atoms with E-state index in [0.29, 0.717) is 6.42 Å². The molecule has 0 unspecified atom stereocenters. The molecule has 0 bridgehead atoms. The maximum atomic E-state index is 11.3. The average Bonchev–Trinajstić information content (AvgIpc) is 2.14. The minimum absolute atomic E-state index is 0.0472. The standard InChI is InChI=1S/C11H23N3O/c1-4-11(12)8-14(9-11)7-5-6-10(15)13(2)3/h4-9,12H2,1-3H3. The fourth-order valence-corrected chi connectivity index (χ4v) is 1.90. The number of hydrogen-bond donors (Lipinski definition) is 1. The molecule has 15 heavy (non-hydrogen) atoms. The summed E-state index contributed by atoms with van der Waals surface area (Å²) < 4.78 is 0. The maximum Gasteiger partial charge on any atom is 0.222 e. The zero-order valence-electron chi connectivity index (χ0n) is 10.1. The SMILES string of the molecule is CCC1(N)CN(CCCC(=O)N(C)C)C1. The van der Waals surface area contributed by atoms with E-state index in [1.165, 1.54) is 0 Å². The molecule has 0 saturated carbocycles. The fourth-order valence-electron chi connectivity index (χ4n) is 1.90. The first kappa shape index (κ1) is 12.5. The average molecular weight is 213 g/mol. The van der Waals surface area contributed by atoms with E-state index in [9.17, 15) is 4.79 Å². The van der Waals surface area contributed by atoms with E-state index in [1.54, 1.807) is 19.0 Å². The Balaban J connectivity index is 2.07. The molecule has 0 aliphatic carbocycles. The first-order valence-electron chi connectivity index (χ1n) is 5.68. The Labute approximate surface area is 92.4 Å². The Morgan fingerprint density at radius 1 is 1.47 bits per heavy atom. The molecule has 0 radical (unpaired) electrons.